The average molecular weight is 211 g/mol. The van der Waals surface area contributed by atoms with Gasteiger partial charge < -0.3 is 15.5 Å². The minimum absolute atomic E-state index is 0.752. The van der Waals surface area contributed by atoms with Crippen LogP contribution in [0.4, 0.5) is 0 Å². The van der Waals surface area contributed by atoms with E-state index in [0.29, 0.717) is 0 Å². The van der Waals surface area contributed by atoms with Gasteiger partial charge in [0.05, 0.1) is 0 Å². The fraction of sp³-hybridized carbons (Fsp3) is 1.00. The summed E-state index contributed by atoms with van der Waals surface area (Å²) >= 11 is 0. The molecule has 2 aliphatic heterocycles. The first-order valence-corrected chi connectivity index (χ1v) is 6.31. The van der Waals surface area contributed by atoms with Crippen LogP contribution in [0.15, 0.2) is 0 Å². The maximum absolute atomic E-state index is 5.93. The molecule has 0 amide bonds. The van der Waals surface area contributed by atoms with Crippen molar-refractivity contribution in [1.82, 2.24) is 9.80 Å². The van der Waals surface area contributed by atoms with Crippen molar-refractivity contribution in [2.75, 3.05) is 40.3 Å². The van der Waals surface area contributed by atoms with Crippen molar-refractivity contribution >= 4 is 0 Å². The van der Waals surface area contributed by atoms with Crippen molar-refractivity contribution in [2.24, 2.45) is 17.6 Å². The lowest BCUT2D eigenvalue weighted by Crippen LogP contribution is -2.51. The molecule has 2 rings (SSSR count). The molecule has 0 bridgehead atoms. The third-order valence-corrected chi connectivity index (χ3v) is 4.38. The lowest BCUT2D eigenvalue weighted by atomic mass is 9.80. The molecule has 3 unspecified atom stereocenters. The molecule has 3 heteroatoms. The fourth-order valence-electron chi connectivity index (χ4n) is 3.43. The van der Waals surface area contributed by atoms with Crippen molar-refractivity contribution in [1.29, 1.82) is 0 Å². The number of fused-ring (bicyclic) bond motifs is 1. The maximum Gasteiger partial charge on any atom is 0.0148 e. The Morgan fingerprint density at radius 2 is 2.00 bits per heavy atom. The Balaban J connectivity index is 2.11. The van der Waals surface area contributed by atoms with Gasteiger partial charge in [0.15, 0.2) is 0 Å². The van der Waals surface area contributed by atoms with Crippen molar-refractivity contribution in [3.05, 3.63) is 0 Å². The lowest BCUT2D eigenvalue weighted by Gasteiger charge is -2.42. The maximum atomic E-state index is 5.93. The Kier molecular flexibility index (Phi) is 3.65. The summed E-state index contributed by atoms with van der Waals surface area (Å²) < 4.78 is 0. The van der Waals surface area contributed by atoms with Crippen LogP contribution in [0.3, 0.4) is 0 Å². The molecule has 0 radical (unpaired) electrons. The Hall–Kier alpha value is -0.120. The standard InChI is InChI=1S/C12H25N3/c1-14-7-5-12-11(9-14)10(8-13)4-3-6-15(12)2/h10-12H,3-9,13H2,1-2H3. The molecule has 88 valence electrons. The molecule has 0 aliphatic carbocycles. The second-order valence-electron chi connectivity index (χ2n) is 5.40. The van der Waals surface area contributed by atoms with Gasteiger partial charge in [-0.25, -0.2) is 0 Å². The second-order valence-corrected chi connectivity index (χ2v) is 5.40. The van der Waals surface area contributed by atoms with Gasteiger partial charge in [0, 0.05) is 12.6 Å². The zero-order valence-electron chi connectivity index (χ0n) is 10.2. The highest BCUT2D eigenvalue weighted by Crippen LogP contribution is 2.32. The van der Waals surface area contributed by atoms with Gasteiger partial charge in [0.25, 0.3) is 0 Å². The SMILES string of the molecule is CN1CCC2C(C1)C(CN)CCCN2C. The van der Waals surface area contributed by atoms with Crippen LogP contribution in [0.5, 0.6) is 0 Å². The zero-order chi connectivity index (χ0) is 10.8. The summed E-state index contributed by atoms with van der Waals surface area (Å²) in [5, 5.41) is 0. The summed E-state index contributed by atoms with van der Waals surface area (Å²) in [6.45, 7) is 4.64. The van der Waals surface area contributed by atoms with E-state index in [1.165, 1.54) is 38.9 Å². The molecule has 0 saturated carbocycles. The summed E-state index contributed by atoms with van der Waals surface area (Å²) in [6.07, 6.45) is 3.99. The molecule has 0 aromatic rings. The minimum atomic E-state index is 0.752. The minimum Gasteiger partial charge on any atom is -0.330 e. The Morgan fingerprint density at radius 1 is 1.20 bits per heavy atom. The number of nitrogens with zero attached hydrogens (tertiary/aromatic N) is 2. The van der Waals surface area contributed by atoms with Gasteiger partial charge in [-0.05, 0) is 64.8 Å². The largest absolute Gasteiger partial charge is 0.330 e. The molecular weight excluding hydrogens is 186 g/mol. The summed E-state index contributed by atoms with van der Waals surface area (Å²) in [7, 11) is 4.54. The van der Waals surface area contributed by atoms with Crippen LogP contribution in [0.2, 0.25) is 0 Å². The summed E-state index contributed by atoms with van der Waals surface area (Å²) in [6, 6.07) is 0.789. The summed E-state index contributed by atoms with van der Waals surface area (Å²) in [5.74, 6) is 1.56. The molecule has 0 aromatic carbocycles. The first-order chi connectivity index (χ1) is 7.22. The van der Waals surface area contributed by atoms with E-state index in [1.54, 1.807) is 0 Å². The molecule has 0 aromatic heterocycles. The smallest absolute Gasteiger partial charge is 0.0148 e. The average Bonchev–Trinajstić information content (AvgIpc) is 2.38. The number of likely N-dealkylation sites (tertiary alicyclic amines) is 2. The van der Waals surface area contributed by atoms with E-state index < -0.39 is 0 Å². The van der Waals surface area contributed by atoms with Crippen LogP contribution >= 0.6 is 0 Å². The van der Waals surface area contributed by atoms with Gasteiger partial charge >= 0.3 is 0 Å². The van der Waals surface area contributed by atoms with E-state index in [0.717, 1.165) is 24.4 Å². The van der Waals surface area contributed by atoms with Crippen molar-refractivity contribution < 1.29 is 0 Å². The summed E-state index contributed by atoms with van der Waals surface area (Å²) in [4.78, 5) is 5.05. The molecule has 3 nitrogen and oxygen atoms in total. The predicted octanol–water partition coefficient (Wildman–Crippen LogP) is 0.607. The van der Waals surface area contributed by atoms with Crippen LogP contribution in [0.1, 0.15) is 19.3 Å². The first kappa shape index (κ1) is 11.4. The number of rotatable bonds is 1. The van der Waals surface area contributed by atoms with Crippen molar-refractivity contribution in [3.63, 3.8) is 0 Å². The topological polar surface area (TPSA) is 32.5 Å². The highest BCUT2D eigenvalue weighted by Gasteiger charge is 2.36. The molecule has 15 heavy (non-hydrogen) atoms. The van der Waals surface area contributed by atoms with Crippen LogP contribution in [-0.2, 0) is 0 Å². The molecular formula is C12H25N3. The van der Waals surface area contributed by atoms with Gasteiger partial charge in [0.1, 0.15) is 0 Å². The van der Waals surface area contributed by atoms with Crippen LogP contribution in [-0.4, -0.2) is 56.1 Å². The van der Waals surface area contributed by atoms with E-state index in [9.17, 15) is 0 Å². The normalized spacial score (nSPS) is 39.8. The molecule has 2 fully saturated rings. The van der Waals surface area contributed by atoms with Crippen LogP contribution in [0.25, 0.3) is 0 Å². The highest BCUT2D eigenvalue weighted by molar-refractivity contribution is 4.91. The Bertz CT molecular complexity index is 207. The van der Waals surface area contributed by atoms with Gasteiger partial charge in [-0.15, -0.1) is 0 Å². The van der Waals surface area contributed by atoms with Crippen LogP contribution in [0, 0.1) is 11.8 Å². The van der Waals surface area contributed by atoms with E-state index in [2.05, 4.69) is 23.9 Å². The monoisotopic (exact) mass is 211 g/mol. The molecule has 3 atom stereocenters. The second kappa shape index (κ2) is 4.81. The first-order valence-electron chi connectivity index (χ1n) is 6.31. The number of nitrogens with two attached hydrogens (primary N) is 1. The third-order valence-electron chi connectivity index (χ3n) is 4.38. The lowest BCUT2D eigenvalue weighted by molar-refractivity contribution is 0.0701. The van der Waals surface area contributed by atoms with Crippen LogP contribution < -0.4 is 5.73 Å². The zero-order valence-corrected chi connectivity index (χ0v) is 10.2. The fourth-order valence-corrected chi connectivity index (χ4v) is 3.43. The Morgan fingerprint density at radius 3 is 2.73 bits per heavy atom. The van der Waals surface area contributed by atoms with Crippen molar-refractivity contribution in [2.45, 2.75) is 25.3 Å². The molecule has 2 heterocycles. The van der Waals surface area contributed by atoms with E-state index in [4.69, 9.17) is 5.73 Å². The number of piperidine rings is 1. The number of hydrogen-bond acceptors (Lipinski definition) is 3. The molecule has 2 saturated heterocycles. The van der Waals surface area contributed by atoms with E-state index in [-0.39, 0.29) is 0 Å². The van der Waals surface area contributed by atoms with Crippen molar-refractivity contribution in [3.8, 4) is 0 Å². The highest BCUT2D eigenvalue weighted by atomic mass is 15.2. The number of hydrogen-bond donors (Lipinski definition) is 1. The van der Waals surface area contributed by atoms with E-state index >= 15 is 0 Å². The van der Waals surface area contributed by atoms with Gasteiger partial charge in [-0.3, -0.25) is 0 Å². The predicted molar refractivity (Wildman–Crippen MR) is 63.8 cm³/mol. The van der Waals surface area contributed by atoms with E-state index in [1.807, 2.05) is 0 Å². The molecule has 2 N–H and O–H groups in total. The molecule has 0 spiro atoms. The molecule has 2 aliphatic rings. The quantitative estimate of drug-likeness (QED) is 0.690. The van der Waals surface area contributed by atoms with Gasteiger partial charge in [0.2, 0.25) is 0 Å². The van der Waals surface area contributed by atoms with Gasteiger partial charge in [-0.1, -0.05) is 0 Å². The summed E-state index contributed by atoms with van der Waals surface area (Å²) in [5.41, 5.74) is 5.93. The van der Waals surface area contributed by atoms with Gasteiger partial charge in [-0.2, -0.15) is 0 Å². The third kappa shape index (κ3) is 2.35. The Labute approximate surface area is 93.6 Å².